The van der Waals surface area contributed by atoms with E-state index in [1.807, 2.05) is 18.2 Å². The molecule has 0 aliphatic heterocycles. The number of carbonyl (C=O) groups is 1. The summed E-state index contributed by atoms with van der Waals surface area (Å²) in [7, 11) is 1.61. The molecule has 0 spiro atoms. The maximum atomic E-state index is 11.4. The lowest BCUT2D eigenvalue weighted by Gasteiger charge is -2.09. The quantitative estimate of drug-likeness (QED) is 0.757. The predicted octanol–water partition coefficient (Wildman–Crippen LogP) is 2.96. The van der Waals surface area contributed by atoms with Crippen LogP contribution in [0.4, 0.5) is 0 Å². The maximum absolute atomic E-state index is 11.4. The van der Waals surface area contributed by atoms with Crippen LogP contribution in [-0.4, -0.2) is 17.9 Å². The summed E-state index contributed by atoms with van der Waals surface area (Å²) >= 11 is 0. The van der Waals surface area contributed by atoms with E-state index in [9.17, 15) is 4.79 Å². The number of ether oxygens (including phenoxy) is 1. The minimum absolute atomic E-state index is 0.0396. The zero-order valence-corrected chi connectivity index (χ0v) is 9.81. The predicted molar refractivity (Wildman–Crippen MR) is 66.2 cm³/mol. The molecule has 1 aromatic heterocycles. The van der Waals surface area contributed by atoms with Crippen molar-refractivity contribution >= 4 is 5.78 Å². The second-order valence-electron chi connectivity index (χ2n) is 3.71. The SMILES string of the molecule is COc1ccc(C(C)=O)cc1-c1cccnc1. The Labute approximate surface area is 100 Å². The number of carbonyl (C=O) groups excluding carboxylic acids is 1. The minimum atomic E-state index is 0.0396. The fraction of sp³-hybridized carbons (Fsp3) is 0.143. The van der Waals surface area contributed by atoms with Gasteiger partial charge in [-0.15, -0.1) is 0 Å². The van der Waals surface area contributed by atoms with Crippen LogP contribution in [0.15, 0.2) is 42.7 Å². The van der Waals surface area contributed by atoms with Crippen LogP contribution in [0.2, 0.25) is 0 Å². The summed E-state index contributed by atoms with van der Waals surface area (Å²) in [4.78, 5) is 15.4. The first-order chi connectivity index (χ1) is 8.22. The third-order valence-corrected chi connectivity index (χ3v) is 2.58. The van der Waals surface area contributed by atoms with Gasteiger partial charge in [0, 0.05) is 29.1 Å². The van der Waals surface area contributed by atoms with E-state index in [4.69, 9.17) is 4.74 Å². The summed E-state index contributed by atoms with van der Waals surface area (Å²) in [6.45, 7) is 1.55. The van der Waals surface area contributed by atoms with Crippen LogP contribution in [0.25, 0.3) is 11.1 Å². The fourth-order valence-electron chi connectivity index (χ4n) is 1.67. The monoisotopic (exact) mass is 227 g/mol. The molecule has 0 aliphatic carbocycles. The van der Waals surface area contributed by atoms with Crippen molar-refractivity contribution in [2.45, 2.75) is 6.92 Å². The minimum Gasteiger partial charge on any atom is -0.496 e. The highest BCUT2D eigenvalue weighted by molar-refractivity contribution is 5.96. The molecule has 2 aromatic rings. The van der Waals surface area contributed by atoms with E-state index in [-0.39, 0.29) is 5.78 Å². The first-order valence-electron chi connectivity index (χ1n) is 5.31. The van der Waals surface area contributed by atoms with Crippen LogP contribution in [0.3, 0.4) is 0 Å². The van der Waals surface area contributed by atoms with Crippen LogP contribution in [0.1, 0.15) is 17.3 Å². The van der Waals surface area contributed by atoms with Gasteiger partial charge in [0.15, 0.2) is 5.78 Å². The highest BCUT2D eigenvalue weighted by Gasteiger charge is 2.09. The number of methoxy groups -OCH3 is 1. The zero-order chi connectivity index (χ0) is 12.3. The lowest BCUT2D eigenvalue weighted by atomic mass is 10.0. The molecule has 2 rings (SSSR count). The molecular weight excluding hydrogens is 214 g/mol. The Bertz CT molecular complexity index is 535. The molecule has 0 fully saturated rings. The Balaban J connectivity index is 2.58. The van der Waals surface area contributed by atoms with Crippen LogP contribution < -0.4 is 4.74 Å². The average Bonchev–Trinajstić information content (AvgIpc) is 2.39. The van der Waals surface area contributed by atoms with Crippen molar-refractivity contribution in [2.24, 2.45) is 0 Å². The average molecular weight is 227 g/mol. The summed E-state index contributed by atoms with van der Waals surface area (Å²) in [6.07, 6.45) is 3.46. The summed E-state index contributed by atoms with van der Waals surface area (Å²) in [5.74, 6) is 0.779. The van der Waals surface area contributed by atoms with Crippen molar-refractivity contribution in [1.82, 2.24) is 4.98 Å². The van der Waals surface area contributed by atoms with Gasteiger partial charge in [-0.1, -0.05) is 6.07 Å². The number of nitrogens with zero attached hydrogens (tertiary/aromatic N) is 1. The van der Waals surface area contributed by atoms with Crippen molar-refractivity contribution in [3.63, 3.8) is 0 Å². The maximum Gasteiger partial charge on any atom is 0.159 e. The molecule has 0 bridgehead atoms. The van der Waals surface area contributed by atoms with Crippen LogP contribution in [0.5, 0.6) is 5.75 Å². The number of hydrogen-bond acceptors (Lipinski definition) is 3. The van der Waals surface area contributed by atoms with Crippen molar-refractivity contribution in [1.29, 1.82) is 0 Å². The second kappa shape index (κ2) is 4.78. The molecule has 0 aliphatic rings. The fourth-order valence-corrected chi connectivity index (χ4v) is 1.67. The number of benzene rings is 1. The van der Waals surface area contributed by atoms with E-state index in [0.29, 0.717) is 5.56 Å². The number of rotatable bonds is 3. The third kappa shape index (κ3) is 2.33. The van der Waals surface area contributed by atoms with E-state index in [1.165, 1.54) is 0 Å². The molecule has 0 saturated carbocycles. The Morgan fingerprint density at radius 2 is 2.12 bits per heavy atom. The van der Waals surface area contributed by atoms with Gasteiger partial charge in [0.1, 0.15) is 5.75 Å². The van der Waals surface area contributed by atoms with E-state index >= 15 is 0 Å². The molecule has 3 nitrogen and oxygen atoms in total. The Hall–Kier alpha value is -2.16. The van der Waals surface area contributed by atoms with Crippen molar-refractivity contribution in [3.05, 3.63) is 48.3 Å². The molecule has 0 N–H and O–H groups in total. The smallest absolute Gasteiger partial charge is 0.159 e. The molecule has 0 unspecified atom stereocenters. The highest BCUT2D eigenvalue weighted by Crippen LogP contribution is 2.30. The first-order valence-corrected chi connectivity index (χ1v) is 5.31. The number of pyridine rings is 1. The van der Waals surface area contributed by atoms with Crippen molar-refractivity contribution in [2.75, 3.05) is 7.11 Å². The molecule has 0 saturated heterocycles. The molecule has 0 radical (unpaired) electrons. The lowest BCUT2D eigenvalue weighted by Crippen LogP contribution is -1.95. The Kier molecular flexibility index (Phi) is 3.19. The molecule has 3 heteroatoms. The van der Waals surface area contributed by atoms with Crippen LogP contribution >= 0.6 is 0 Å². The molecule has 17 heavy (non-hydrogen) atoms. The van der Waals surface area contributed by atoms with Gasteiger partial charge >= 0.3 is 0 Å². The van der Waals surface area contributed by atoms with Gasteiger partial charge in [-0.2, -0.15) is 0 Å². The standard InChI is InChI=1S/C14H13NO2/c1-10(16)11-5-6-14(17-2)13(8-11)12-4-3-7-15-9-12/h3-9H,1-2H3. The zero-order valence-electron chi connectivity index (χ0n) is 9.81. The van der Waals surface area contributed by atoms with Gasteiger partial charge in [-0.3, -0.25) is 9.78 Å². The topological polar surface area (TPSA) is 39.2 Å². The molecule has 0 amide bonds. The lowest BCUT2D eigenvalue weighted by molar-refractivity contribution is 0.101. The third-order valence-electron chi connectivity index (χ3n) is 2.58. The van der Waals surface area contributed by atoms with Gasteiger partial charge in [-0.05, 0) is 31.2 Å². The largest absolute Gasteiger partial charge is 0.496 e. The summed E-state index contributed by atoms with van der Waals surface area (Å²) < 4.78 is 5.30. The van der Waals surface area contributed by atoms with Gasteiger partial charge in [-0.25, -0.2) is 0 Å². The number of hydrogen-bond donors (Lipinski definition) is 0. The van der Waals surface area contributed by atoms with Gasteiger partial charge in [0.25, 0.3) is 0 Å². The molecule has 86 valence electrons. The normalized spacial score (nSPS) is 10.0. The van der Waals surface area contributed by atoms with Gasteiger partial charge in [0.2, 0.25) is 0 Å². The first kappa shape index (κ1) is 11.3. The summed E-state index contributed by atoms with van der Waals surface area (Å²) in [5, 5.41) is 0. The summed E-state index contributed by atoms with van der Waals surface area (Å²) in [6, 6.07) is 9.20. The van der Waals surface area contributed by atoms with Gasteiger partial charge in [0.05, 0.1) is 7.11 Å². The van der Waals surface area contributed by atoms with E-state index < -0.39 is 0 Å². The Morgan fingerprint density at radius 1 is 1.29 bits per heavy atom. The Morgan fingerprint density at radius 3 is 2.71 bits per heavy atom. The van der Waals surface area contributed by atoms with Gasteiger partial charge < -0.3 is 4.74 Å². The highest BCUT2D eigenvalue weighted by atomic mass is 16.5. The van der Waals surface area contributed by atoms with E-state index in [2.05, 4.69) is 4.98 Å². The molecule has 1 heterocycles. The molecule has 0 atom stereocenters. The second-order valence-corrected chi connectivity index (χ2v) is 3.71. The van der Waals surface area contributed by atoms with Crippen LogP contribution in [0, 0.1) is 0 Å². The van der Waals surface area contributed by atoms with E-state index in [1.54, 1.807) is 38.6 Å². The van der Waals surface area contributed by atoms with E-state index in [0.717, 1.165) is 16.9 Å². The van der Waals surface area contributed by atoms with Crippen molar-refractivity contribution < 1.29 is 9.53 Å². The molecule has 1 aromatic carbocycles. The number of Topliss-reactive ketones (excluding diaryl/α,β-unsaturated/α-hetero) is 1. The number of ketones is 1. The number of aromatic nitrogens is 1. The summed E-state index contributed by atoms with van der Waals surface area (Å²) in [5.41, 5.74) is 2.49. The van der Waals surface area contributed by atoms with Crippen LogP contribution in [-0.2, 0) is 0 Å². The van der Waals surface area contributed by atoms with Crippen molar-refractivity contribution in [3.8, 4) is 16.9 Å². The molecular formula is C14H13NO2.